The Kier molecular flexibility index (Phi) is 5.48. The van der Waals surface area contributed by atoms with Gasteiger partial charge in [-0.25, -0.2) is 0 Å². The maximum absolute atomic E-state index is 11.9. The smallest absolute Gasteiger partial charge is 0.262 e. The van der Waals surface area contributed by atoms with Crippen molar-refractivity contribution in [1.29, 1.82) is 0 Å². The summed E-state index contributed by atoms with van der Waals surface area (Å²) in [6.45, 7) is 1.96. The van der Waals surface area contributed by atoms with E-state index in [1.807, 2.05) is 31.2 Å². The fourth-order valence-electron chi connectivity index (χ4n) is 1.86. The highest BCUT2D eigenvalue weighted by molar-refractivity contribution is 6.36. The Labute approximate surface area is 133 Å². The Balaban J connectivity index is 1.96. The van der Waals surface area contributed by atoms with Gasteiger partial charge in [0, 0.05) is 5.02 Å². The summed E-state index contributed by atoms with van der Waals surface area (Å²) < 4.78 is 5.54. The van der Waals surface area contributed by atoms with Crippen molar-refractivity contribution in [3.63, 3.8) is 0 Å². The molecule has 0 aliphatic rings. The molecular weight excluding hydrogens is 309 g/mol. The summed E-state index contributed by atoms with van der Waals surface area (Å²) in [6, 6.07) is 12.5. The quantitative estimate of drug-likeness (QED) is 0.875. The number of nitrogens with one attached hydrogen (secondary N) is 1. The standard InChI is InChI=1S/C16H15Cl2NO2/c1-2-11-5-3-4-6-15(11)21-10-16(20)19-14-8-7-12(17)9-13(14)18/h3-9H,2,10H2,1H3,(H,19,20). The van der Waals surface area contributed by atoms with Crippen LogP contribution in [0.1, 0.15) is 12.5 Å². The van der Waals surface area contributed by atoms with Crippen LogP contribution < -0.4 is 10.1 Å². The van der Waals surface area contributed by atoms with Crippen LogP contribution in [0.2, 0.25) is 10.0 Å². The van der Waals surface area contributed by atoms with Gasteiger partial charge in [-0.2, -0.15) is 0 Å². The highest BCUT2D eigenvalue weighted by Crippen LogP contribution is 2.25. The second-order valence-electron chi connectivity index (χ2n) is 4.42. The zero-order valence-corrected chi connectivity index (χ0v) is 13.0. The van der Waals surface area contributed by atoms with Crippen LogP contribution in [0.3, 0.4) is 0 Å². The number of para-hydroxylation sites is 1. The molecule has 0 aromatic heterocycles. The van der Waals surface area contributed by atoms with Crippen molar-refractivity contribution in [2.75, 3.05) is 11.9 Å². The highest BCUT2D eigenvalue weighted by atomic mass is 35.5. The lowest BCUT2D eigenvalue weighted by Crippen LogP contribution is -2.20. The first-order chi connectivity index (χ1) is 10.1. The molecule has 0 radical (unpaired) electrons. The average molecular weight is 324 g/mol. The number of ether oxygens (including phenoxy) is 1. The van der Waals surface area contributed by atoms with E-state index in [-0.39, 0.29) is 12.5 Å². The van der Waals surface area contributed by atoms with Crippen molar-refractivity contribution < 1.29 is 9.53 Å². The first-order valence-electron chi connectivity index (χ1n) is 6.55. The van der Waals surface area contributed by atoms with E-state index in [0.29, 0.717) is 15.7 Å². The summed E-state index contributed by atoms with van der Waals surface area (Å²) >= 11 is 11.8. The predicted octanol–water partition coefficient (Wildman–Crippen LogP) is 4.57. The van der Waals surface area contributed by atoms with Gasteiger partial charge in [-0.3, -0.25) is 4.79 Å². The molecule has 21 heavy (non-hydrogen) atoms. The summed E-state index contributed by atoms with van der Waals surface area (Å²) in [7, 11) is 0. The van der Waals surface area contributed by atoms with Crippen molar-refractivity contribution in [2.24, 2.45) is 0 Å². The highest BCUT2D eigenvalue weighted by Gasteiger charge is 2.08. The zero-order chi connectivity index (χ0) is 15.2. The summed E-state index contributed by atoms with van der Waals surface area (Å²) in [4.78, 5) is 11.9. The van der Waals surface area contributed by atoms with Gasteiger partial charge in [0.1, 0.15) is 5.75 Å². The Morgan fingerprint density at radius 2 is 1.95 bits per heavy atom. The van der Waals surface area contributed by atoms with Crippen molar-refractivity contribution in [3.8, 4) is 5.75 Å². The summed E-state index contributed by atoms with van der Waals surface area (Å²) in [5.74, 6) is 0.447. The Morgan fingerprint density at radius 3 is 2.67 bits per heavy atom. The van der Waals surface area contributed by atoms with Gasteiger partial charge in [0.2, 0.25) is 0 Å². The maximum Gasteiger partial charge on any atom is 0.262 e. The Morgan fingerprint density at radius 1 is 1.19 bits per heavy atom. The fraction of sp³-hybridized carbons (Fsp3) is 0.188. The third-order valence-electron chi connectivity index (χ3n) is 2.92. The number of rotatable bonds is 5. The SMILES string of the molecule is CCc1ccccc1OCC(=O)Nc1ccc(Cl)cc1Cl. The number of benzene rings is 2. The van der Waals surface area contributed by atoms with Gasteiger partial charge in [-0.05, 0) is 36.2 Å². The molecule has 2 rings (SSSR count). The third kappa shape index (κ3) is 4.38. The molecule has 0 saturated heterocycles. The van der Waals surface area contributed by atoms with Crippen molar-refractivity contribution in [3.05, 3.63) is 58.1 Å². The first-order valence-corrected chi connectivity index (χ1v) is 7.31. The predicted molar refractivity (Wildman–Crippen MR) is 86.4 cm³/mol. The summed E-state index contributed by atoms with van der Waals surface area (Å²) in [5, 5.41) is 3.60. The largest absolute Gasteiger partial charge is 0.483 e. The summed E-state index contributed by atoms with van der Waals surface area (Å²) in [6.07, 6.45) is 0.848. The van der Waals surface area contributed by atoms with Gasteiger partial charge in [-0.15, -0.1) is 0 Å². The Bertz CT molecular complexity index is 644. The van der Waals surface area contributed by atoms with Crippen LogP contribution in [-0.4, -0.2) is 12.5 Å². The van der Waals surface area contributed by atoms with Crippen LogP contribution in [0.25, 0.3) is 0 Å². The molecule has 1 N–H and O–H groups in total. The maximum atomic E-state index is 11.9. The van der Waals surface area contributed by atoms with Crippen LogP contribution in [-0.2, 0) is 11.2 Å². The first kappa shape index (κ1) is 15.7. The molecular formula is C16H15Cl2NO2. The number of anilines is 1. The van der Waals surface area contributed by atoms with Crippen molar-refractivity contribution in [2.45, 2.75) is 13.3 Å². The number of halogens is 2. The van der Waals surface area contributed by atoms with Gasteiger partial charge in [0.05, 0.1) is 10.7 Å². The molecule has 0 heterocycles. The second kappa shape index (κ2) is 7.34. The number of hydrogen-bond acceptors (Lipinski definition) is 2. The van der Waals surface area contributed by atoms with Gasteiger partial charge in [-0.1, -0.05) is 48.3 Å². The minimum absolute atomic E-state index is 0.0734. The van der Waals surface area contributed by atoms with Crippen molar-refractivity contribution in [1.82, 2.24) is 0 Å². The van der Waals surface area contributed by atoms with E-state index in [9.17, 15) is 4.79 Å². The van der Waals surface area contributed by atoms with E-state index < -0.39 is 0 Å². The third-order valence-corrected chi connectivity index (χ3v) is 3.47. The van der Waals surface area contributed by atoms with E-state index in [2.05, 4.69) is 5.32 Å². The lowest BCUT2D eigenvalue weighted by molar-refractivity contribution is -0.118. The number of amides is 1. The molecule has 0 saturated carbocycles. The van der Waals surface area contributed by atoms with Crippen LogP contribution in [0.15, 0.2) is 42.5 Å². The molecule has 0 spiro atoms. The number of hydrogen-bond donors (Lipinski definition) is 1. The molecule has 0 aliphatic carbocycles. The molecule has 2 aromatic rings. The van der Waals surface area contributed by atoms with E-state index >= 15 is 0 Å². The molecule has 5 heteroatoms. The van der Waals surface area contributed by atoms with E-state index in [0.717, 1.165) is 17.7 Å². The molecule has 0 atom stereocenters. The average Bonchev–Trinajstić information content (AvgIpc) is 2.48. The molecule has 110 valence electrons. The molecule has 0 bridgehead atoms. The number of aryl methyl sites for hydroxylation is 1. The molecule has 3 nitrogen and oxygen atoms in total. The second-order valence-corrected chi connectivity index (χ2v) is 5.27. The molecule has 2 aromatic carbocycles. The monoisotopic (exact) mass is 323 g/mol. The van der Waals surface area contributed by atoms with E-state index in [4.69, 9.17) is 27.9 Å². The van der Waals surface area contributed by atoms with Gasteiger partial charge < -0.3 is 10.1 Å². The van der Waals surface area contributed by atoms with Gasteiger partial charge in [0.25, 0.3) is 5.91 Å². The minimum Gasteiger partial charge on any atom is -0.483 e. The minimum atomic E-state index is -0.273. The molecule has 0 unspecified atom stereocenters. The zero-order valence-electron chi connectivity index (χ0n) is 11.5. The molecule has 0 aliphatic heterocycles. The van der Waals surface area contributed by atoms with Gasteiger partial charge in [0.15, 0.2) is 6.61 Å². The normalized spacial score (nSPS) is 10.2. The molecule has 1 amide bonds. The van der Waals surface area contributed by atoms with Crippen LogP contribution in [0, 0.1) is 0 Å². The van der Waals surface area contributed by atoms with Crippen molar-refractivity contribution >= 4 is 34.8 Å². The Hall–Kier alpha value is -1.71. The van der Waals surface area contributed by atoms with Gasteiger partial charge >= 0.3 is 0 Å². The number of carbonyl (C=O) groups excluding carboxylic acids is 1. The van der Waals surface area contributed by atoms with Crippen LogP contribution in [0.4, 0.5) is 5.69 Å². The van der Waals surface area contributed by atoms with E-state index in [1.54, 1.807) is 18.2 Å². The lowest BCUT2D eigenvalue weighted by atomic mass is 10.1. The number of carbonyl (C=O) groups is 1. The summed E-state index contributed by atoms with van der Waals surface area (Å²) in [5.41, 5.74) is 1.58. The van der Waals surface area contributed by atoms with E-state index in [1.165, 1.54) is 0 Å². The fourth-order valence-corrected chi connectivity index (χ4v) is 2.31. The molecule has 0 fully saturated rings. The van der Waals surface area contributed by atoms with Crippen LogP contribution in [0.5, 0.6) is 5.75 Å². The lowest BCUT2D eigenvalue weighted by Gasteiger charge is -2.11. The topological polar surface area (TPSA) is 38.3 Å². The van der Waals surface area contributed by atoms with Crippen LogP contribution >= 0.6 is 23.2 Å².